The molecule has 1 atom stereocenters. The Morgan fingerprint density at radius 3 is 2.95 bits per heavy atom. The van der Waals surface area contributed by atoms with Gasteiger partial charge in [-0.3, -0.25) is 0 Å². The minimum Gasteiger partial charge on any atom is -0.319 e. The number of rotatable bonds is 4. The summed E-state index contributed by atoms with van der Waals surface area (Å²) in [5.41, 5.74) is 6.32. The Bertz CT molecular complexity index is 570. The van der Waals surface area contributed by atoms with Crippen molar-refractivity contribution in [3.05, 3.63) is 17.8 Å². The van der Waals surface area contributed by atoms with Crippen LogP contribution in [0.3, 0.4) is 0 Å². The number of imidazole rings is 1. The van der Waals surface area contributed by atoms with Crippen LogP contribution < -0.4 is 10.7 Å². The summed E-state index contributed by atoms with van der Waals surface area (Å²) in [6.07, 6.45) is 4.68. The lowest BCUT2D eigenvalue weighted by Crippen LogP contribution is -2.29. The summed E-state index contributed by atoms with van der Waals surface area (Å²) < 4.78 is 1.95. The Morgan fingerprint density at radius 1 is 1.37 bits per heavy atom. The van der Waals surface area contributed by atoms with Crippen LogP contribution in [0.1, 0.15) is 31.8 Å². The number of hydrogen-bond donors (Lipinski definition) is 2. The van der Waals surface area contributed by atoms with Gasteiger partial charge in [0, 0.05) is 13.0 Å². The van der Waals surface area contributed by atoms with Crippen molar-refractivity contribution in [2.75, 3.05) is 18.5 Å². The van der Waals surface area contributed by atoms with Gasteiger partial charge in [-0.05, 0) is 19.4 Å². The maximum absolute atomic E-state index is 4.61. The molecule has 19 heavy (non-hydrogen) atoms. The predicted molar refractivity (Wildman–Crippen MR) is 74.7 cm³/mol. The second kappa shape index (κ2) is 5.13. The zero-order valence-electron chi connectivity index (χ0n) is 11.5. The zero-order chi connectivity index (χ0) is 13.2. The van der Waals surface area contributed by atoms with Crippen LogP contribution in [0.2, 0.25) is 0 Å². The summed E-state index contributed by atoms with van der Waals surface area (Å²) in [5, 5.41) is 3.35. The molecule has 102 valence electrons. The lowest BCUT2D eigenvalue weighted by molar-refractivity contribution is 0.688. The van der Waals surface area contributed by atoms with E-state index in [2.05, 4.69) is 39.5 Å². The fourth-order valence-corrected chi connectivity index (χ4v) is 2.47. The standard InChI is InChI=1S/C13H20N6/c1-3-10-12-13(17-11(4-2)16-10)19(8-15-12)18-9-5-6-14-7-9/h8-9,14,18H,3-7H2,1-2H3. The van der Waals surface area contributed by atoms with Gasteiger partial charge in [-0.2, -0.15) is 0 Å². The van der Waals surface area contributed by atoms with Crippen molar-refractivity contribution >= 4 is 11.2 Å². The van der Waals surface area contributed by atoms with Crippen molar-refractivity contribution in [2.45, 2.75) is 39.2 Å². The van der Waals surface area contributed by atoms with Crippen molar-refractivity contribution in [3.8, 4) is 0 Å². The van der Waals surface area contributed by atoms with Crippen LogP contribution in [0.25, 0.3) is 11.2 Å². The van der Waals surface area contributed by atoms with Crippen LogP contribution in [0, 0.1) is 0 Å². The number of aryl methyl sites for hydroxylation is 2. The lowest BCUT2D eigenvalue weighted by atomic mass is 10.3. The van der Waals surface area contributed by atoms with E-state index < -0.39 is 0 Å². The summed E-state index contributed by atoms with van der Waals surface area (Å²) in [5.74, 6) is 0.887. The molecule has 0 radical (unpaired) electrons. The average molecular weight is 260 g/mol. The van der Waals surface area contributed by atoms with Crippen molar-refractivity contribution in [1.29, 1.82) is 0 Å². The Balaban J connectivity index is 2.00. The summed E-state index contributed by atoms with van der Waals surface area (Å²) >= 11 is 0. The molecule has 3 heterocycles. The molecule has 0 aliphatic carbocycles. The van der Waals surface area contributed by atoms with Gasteiger partial charge in [0.05, 0.1) is 11.7 Å². The van der Waals surface area contributed by atoms with E-state index in [1.54, 1.807) is 0 Å². The van der Waals surface area contributed by atoms with E-state index in [4.69, 9.17) is 0 Å². The number of nitrogens with one attached hydrogen (secondary N) is 2. The zero-order valence-corrected chi connectivity index (χ0v) is 11.5. The van der Waals surface area contributed by atoms with Gasteiger partial charge < -0.3 is 10.7 Å². The van der Waals surface area contributed by atoms with Crippen LogP contribution >= 0.6 is 0 Å². The van der Waals surface area contributed by atoms with E-state index in [0.717, 1.165) is 55.0 Å². The van der Waals surface area contributed by atoms with E-state index in [0.29, 0.717) is 6.04 Å². The molecule has 0 aromatic carbocycles. The number of aromatic nitrogens is 4. The minimum atomic E-state index is 0.447. The van der Waals surface area contributed by atoms with E-state index in [1.807, 2.05) is 11.0 Å². The highest BCUT2D eigenvalue weighted by atomic mass is 15.5. The highest BCUT2D eigenvalue weighted by Gasteiger charge is 2.17. The minimum absolute atomic E-state index is 0.447. The molecule has 0 bridgehead atoms. The van der Waals surface area contributed by atoms with Gasteiger partial charge in [0.1, 0.15) is 17.7 Å². The Labute approximate surface area is 112 Å². The molecule has 1 aliphatic heterocycles. The first-order chi connectivity index (χ1) is 9.31. The monoisotopic (exact) mass is 260 g/mol. The largest absolute Gasteiger partial charge is 0.319 e. The fourth-order valence-electron chi connectivity index (χ4n) is 2.47. The van der Waals surface area contributed by atoms with Crippen molar-refractivity contribution in [1.82, 2.24) is 24.9 Å². The molecule has 2 aromatic rings. The predicted octanol–water partition coefficient (Wildman–Crippen LogP) is 0.856. The third kappa shape index (κ3) is 2.28. The first-order valence-electron chi connectivity index (χ1n) is 7.02. The molecule has 2 aromatic heterocycles. The van der Waals surface area contributed by atoms with Crippen molar-refractivity contribution < 1.29 is 0 Å². The smallest absolute Gasteiger partial charge is 0.182 e. The lowest BCUT2D eigenvalue weighted by Gasteiger charge is -2.14. The third-order valence-corrected chi connectivity index (χ3v) is 3.55. The van der Waals surface area contributed by atoms with E-state index in [-0.39, 0.29) is 0 Å². The summed E-state index contributed by atoms with van der Waals surface area (Å²) in [6, 6.07) is 0.447. The van der Waals surface area contributed by atoms with Gasteiger partial charge in [0.25, 0.3) is 0 Å². The Morgan fingerprint density at radius 2 is 2.26 bits per heavy atom. The Hall–Kier alpha value is -1.69. The SMILES string of the molecule is CCc1nc(CC)c2ncn(NC3CCNC3)c2n1. The topological polar surface area (TPSA) is 67.7 Å². The van der Waals surface area contributed by atoms with E-state index in [9.17, 15) is 0 Å². The molecule has 0 amide bonds. The Kier molecular flexibility index (Phi) is 3.33. The third-order valence-electron chi connectivity index (χ3n) is 3.55. The maximum atomic E-state index is 4.61. The highest BCUT2D eigenvalue weighted by Crippen LogP contribution is 2.15. The van der Waals surface area contributed by atoms with Crippen LogP contribution in [0.5, 0.6) is 0 Å². The van der Waals surface area contributed by atoms with Gasteiger partial charge in [0.2, 0.25) is 0 Å². The molecule has 6 heteroatoms. The summed E-state index contributed by atoms with van der Waals surface area (Å²) in [6.45, 7) is 6.25. The summed E-state index contributed by atoms with van der Waals surface area (Å²) in [4.78, 5) is 13.6. The van der Waals surface area contributed by atoms with Crippen LogP contribution in [-0.2, 0) is 12.8 Å². The molecule has 1 unspecified atom stereocenters. The van der Waals surface area contributed by atoms with Gasteiger partial charge in [-0.15, -0.1) is 0 Å². The number of nitrogens with zero attached hydrogens (tertiary/aromatic N) is 4. The molecule has 0 saturated carbocycles. The molecule has 6 nitrogen and oxygen atoms in total. The first-order valence-corrected chi connectivity index (χ1v) is 7.02. The van der Waals surface area contributed by atoms with Crippen LogP contribution in [-0.4, -0.2) is 38.8 Å². The molecule has 1 fully saturated rings. The maximum Gasteiger partial charge on any atom is 0.182 e. The second-order valence-electron chi connectivity index (χ2n) is 4.90. The number of fused-ring (bicyclic) bond motifs is 1. The molecule has 1 saturated heterocycles. The van der Waals surface area contributed by atoms with Crippen molar-refractivity contribution in [3.63, 3.8) is 0 Å². The quantitative estimate of drug-likeness (QED) is 0.853. The van der Waals surface area contributed by atoms with E-state index in [1.165, 1.54) is 0 Å². The molecule has 3 rings (SSSR count). The normalized spacial score (nSPS) is 19.2. The molecule has 0 spiro atoms. The highest BCUT2D eigenvalue weighted by molar-refractivity contribution is 5.73. The van der Waals surface area contributed by atoms with Crippen LogP contribution in [0.4, 0.5) is 0 Å². The fraction of sp³-hybridized carbons (Fsp3) is 0.615. The van der Waals surface area contributed by atoms with Gasteiger partial charge in [0.15, 0.2) is 5.65 Å². The number of hydrogen-bond acceptors (Lipinski definition) is 5. The first kappa shape index (κ1) is 12.3. The van der Waals surface area contributed by atoms with Gasteiger partial charge in [-0.1, -0.05) is 13.8 Å². The molecular formula is C13H20N6. The molecule has 2 N–H and O–H groups in total. The van der Waals surface area contributed by atoms with Crippen LogP contribution in [0.15, 0.2) is 6.33 Å². The van der Waals surface area contributed by atoms with E-state index >= 15 is 0 Å². The average Bonchev–Trinajstić information content (AvgIpc) is 3.08. The van der Waals surface area contributed by atoms with Crippen molar-refractivity contribution in [2.24, 2.45) is 0 Å². The molecule has 1 aliphatic rings. The molecular weight excluding hydrogens is 240 g/mol. The summed E-state index contributed by atoms with van der Waals surface area (Å²) in [7, 11) is 0. The second-order valence-corrected chi connectivity index (χ2v) is 4.90. The van der Waals surface area contributed by atoms with Gasteiger partial charge in [-0.25, -0.2) is 19.6 Å². The van der Waals surface area contributed by atoms with Gasteiger partial charge >= 0.3 is 0 Å².